The molecule has 43 heavy (non-hydrogen) atoms. The largest absolute Gasteiger partial charge is 0.487 e. The number of piperazine rings is 1. The summed E-state index contributed by atoms with van der Waals surface area (Å²) in [5.41, 5.74) is 5.06. The molecule has 0 aliphatic carbocycles. The Labute approximate surface area is 249 Å². The summed E-state index contributed by atoms with van der Waals surface area (Å²) >= 11 is 0. The zero-order valence-electron chi connectivity index (χ0n) is 24.7. The topological polar surface area (TPSA) is 111 Å². The van der Waals surface area contributed by atoms with Crippen molar-refractivity contribution in [2.24, 2.45) is 7.05 Å². The third-order valence-electron chi connectivity index (χ3n) is 7.59. The van der Waals surface area contributed by atoms with Crippen molar-refractivity contribution in [2.45, 2.75) is 26.8 Å². The molecule has 11 nitrogen and oxygen atoms in total. The number of hydrogen-bond acceptors (Lipinski definition) is 9. The quantitative estimate of drug-likeness (QED) is 0.275. The van der Waals surface area contributed by atoms with E-state index in [1.807, 2.05) is 74.9 Å². The highest BCUT2D eigenvalue weighted by Crippen LogP contribution is 2.37. The summed E-state index contributed by atoms with van der Waals surface area (Å²) in [5.74, 6) is 3.43. The number of rotatable bonds is 5. The maximum atomic E-state index is 12.2. The molecule has 11 heteroatoms. The summed E-state index contributed by atoms with van der Waals surface area (Å²) in [6.07, 6.45) is 4.66. The zero-order valence-corrected chi connectivity index (χ0v) is 24.7. The molecule has 2 aromatic carbocycles. The first-order valence-corrected chi connectivity index (χ1v) is 14.4. The smallest absolute Gasteiger partial charge is 0.246 e. The fourth-order valence-corrected chi connectivity index (χ4v) is 5.44. The van der Waals surface area contributed by atoms with Crippen LogP contribution in [0.4, 0.5) is 17.3 Å². The average molecular weight is 579 g/mol. The Morgan fingerprint density at radius 2 is 1.95 bits per heavy atom. The highest BCUT2D eigenvalue weighted by atomic mass is 16.5. The lowest BCUT2D eigenvalue weighted by Gasteiger charge is -2.44. The molecule has 2 aliphatic heterocycles. The van der Waals surface area contributed by atoms with E-state index in [1.54, 1.807) is 11.2 Å². The molecule has 2 aliphatic rings. The minimum atomic E-state index is -0.0669. The molecule has 1 saturated heterocycles. The molecule has 1 amide bonds. The highest BCUT2D eigenvalue weighted by Gasteiger charge is 2.35. The van der Waals surface area contributed by atoms with Gasteiger partial charge in [0.15, 0.2) is 17.4 Å². The molecule has 0 spiro atoms. The predicted molar refractivity (Wildman–Crippen MR) is 167 cm³/mol. The third-order valence-corrected chi connectivity index (χ3v) is 7.59. The fourth-order valence-electron chi connectivity index (χ4n) is 5.44. The molecular formula is C32H34N8O3. The molecule has 0 bridgehead atoms. The van der Waals surface area contributed by atoms with Gasteiger partial charge < -0.3 is 29.2 Å². The molecular weight excluding hydrogens is 544 g/mol. The molecule has 1 atom stereocenters. The van der Waals surface area contributed by atoms with Gasteiger partial charge in [0.05, 0.1) is 28.9 Å². The van der Waals surface area contributed by atoms with Crippen molar-refractivity contribution in [2.75, 3.05) is 36.5 Å². The molecule has 220 valence electrons. The number of carbonyl (C=O) groups is 1. The van der Waals surface area contributed by atoms with Gasteiger partial charge in [-0.3, -0.25) is 4.79 Å². The van der Waals surface area contributed by atoms with Gasteiger partial charge in [-0.1, -0.05) is 20.4 Å². The van der Waals surface area contributed by atoms with Gasteiger partial charge in [0.1, 0.15) is 29.9 Å². The predicted octanol–water partition coefficient (Wildman–Crippen LogP) is 5.38. The monoisotopic (exact) mass is 578 g/mol. The van der Waals surface area contributed by atoms with Gasteiger partial charge in [-0.25, -0.2) is 19.9 Å². The Kier molecular flexibility index (Phi) is 7.54. The van der Waals surface area contributed by atoms with Crippen LogP contribution in [0.1, 0.15) is 19.4 Å². The summed E-state index contributed by atoms with van der Waals surface area (Å²) in [7, 11) is 1.97. The fraction of sp³-hybridized carbons (Fsp3) is 0.281. The number of aromatic nitrogens is 5. The van der Waals surface area contributed by atoms with Crippen LogP contribution in [0.25, 0.3) is 22.1 Å². The maximum Gasteiger partial charge on any atom is 0.246 e. The number of pyridine rings is 1. The van der Waals surface area contributed by atoms with Crippen LogP contribution >= 0.6 is 0 Å². The average Bonchev–Trinajstić information content (AvgIpc) is 3.41. The normalized spacial score (nSPS) is 15.6. The number of amides is 1. The number of ether oxygens (including phenoxy) is 2. The van der Waals surface area contributed by atoms with E-state index in [2.05, 4.69) is 31.7 Å². The number of imidazole rings is 1. The molecule has 0 radical (unpaired) electrons. The van der Waals surface area contributed by atoms with E-state index in [9.17, 15) is 4.79 Å². The molecule has 1 N–H and O–H groups in total. The molecule has 1 fully saturated rings. The minimum absolute atomic E-state index is 0.0136. The summed E-state index contributed by atoms with van der Waals surface area (Å²) in [6, 6.07) is 13.7. The summed E-state index contributed by atoms with van der Waals surface area (Å²) < 4.78 is 14.2. The van der Waals surface area contributed by atoms with Gasteiger partial charge in [-0.2, -0.15) is 0 Å². The van der Waals surface area contributed by atoms with Gasteiger partial charge in [0.25, 0.3) is 0 Å². The van der Waals surface area contributed by atoms with Crippen LogP contribution in [-0.2, 0) is 11.8 Å². The summed E-state index contributed by atoms with van der Waals surface area (Å²) in [4.78, 5) is 34.5. The standard InChI is InChI=1S/C30H28N8O3.C2H6/c1-4-27(39)37-9-10-38-20(14-37)15-40-26-13-23-28(35-30(26)38)29(32-16-31-23)34-19-5-8-25(18(2)11-19)41-21-6-7-24-22(12-21)33-17-36(24)3;1-2/h4-8,11-13,16-17,20H,1,9-10,14-15H2,2-3H3,(H,31,32,34);1-2H3. The third kappa shape index (κ3) is 5.29. The molecule has 5 heterocycles. The Bertz CT molecular complexity index is 1840. The number of aryl methyl sites for hydroxylation is 2. The van der Waals surface area contributed by atoms with Gasteiger partial charge in [-0.05, 0) is 48.9 Å². The minimum Gasteiger partial charge on any atom is -0.487 e. The highest BCUT2D eigenvalue weighted by molar-refractivity contribution is 5.90. The van der Waals surface area contributed by atoms with Gasteiger partial charge in [0, 0.05) is 44.5 Å². The van der Waals surface area contributed by atoms with E-state index in [0.717, 1.165) is 39.6 Å². The summed E-state index contributed by atoms with van der Waals surface area (Å²) in [6.45, 7) is 11.9. The number of nitrogens with one attached hydrogen (secondary N) is 1. The van der Waals surface area contributed by atoms with Crippen molar-refractivity contribution in [3.05, 3.63) is 73.3 Å². The lowest BCUT2D eigenvalue weighted by molar-refractivity contribution is -0.127. The van der Waals surface area contributed by atoms with Crippen LogP contribution < -0.4 is 19.7 Å². The lowest BCUT2D eigenvalue weighted by atomic mass is 10.1. The van der Waals surface area contributed by atoms with Crippen molar-refractivity contribution in [1.29, 1.82) is 0 Å². The van der Waals surface area contributed by atoms with E-state index >= 15 is 0 Å². The first-order valence-electron chi connectivity index (χ1n) is 14.4. The van der Waals surface area contributed by atoms with Gasteiger partial charge in [-0.15, -0.1) is 0 Å². The number of hydrogen-bond donors (Lipinski definition) is 1. The maximum absolute atomic E-state index is 12.2. The number of carbonyl (C=O) groups excluding carboxylic acids is 1. The molecule has 7 rings (SSSR count). The van der Waals surface area contributed by atoms with Crippen molar-refractivity contribution in [3.63, 3.8) is 0 Å². The Morgan fingerprint density at radius 3 is 2.77 bits per heavy atom. The summed E-state index contributed by atoms with van der Waals surface area (Å²) in [5, 5.41) is 3.41. The first-order chi connectivity index (χ1) is 21.0. The van der Waals surface area contributed by atoms with E-state index in [1.165, 1.54) is 12.4 Å². The molecule has 0 saturated carbocycles. The second-order valence-electron chi connectivity index (χ2n) is 10.3. The first kappa shape index (κ1) is 28.0. The number of nitrogens with zero attached hydrogens (tertiary/aromatic N) is 7. The Hall–Kier alpha value is -5.19. The Balaban J connectivity index is 0.00000161. The molecule has 5 aromatic rings. The van der Waals surface area contributed by atoms with Crippen molar-refractivity contribution < 1.29 is 14.3 Å². The molecule has 3 aromatic heterocycles. The van der Waals surface area contributed by atoms with Crippen molar-refractivity contribution >= 4 is 45.3 Å². The van der Waals surface area contributed by atoms with E-state index in [4.69, 9.17) is 14.5 Å². The van der Waals surface area contributed by atoms with E-state index in [-0.39, 0.29) is 11.9 Å². The second-order valence-corrected chi connectivity index (χ2v) is 10.3. The van der Waals surface area contributed by atoms with Crippen LogP contribution in [0, 0.1) is 6.92 Å². The zero-order chi connectivity index (χ0) is 30.1. The SMILES string of the molecule is C=CC(=O)N1CCN2c3nc4c(Nc5ccc(Oc6ccc7c(c6)ncn7C)c(C)c5)ncnc4cc3OCC2C1.CC. The number of fused-ring (bicyclic) bond motifs is 5. The van der Waals surface area contributed by atoms with Crippen LogP contribution in [0.15, 0.2) is 67.8 Å². The van der Waals surface area contributed by atoms with Crippen molar-refractivity contribution in [1.82, 2.24) is 29.4 Å². The van der Waals surface area contributed by atoms with Crippen LogP contribution in [-0.4, -0.2) is 67.6 Å². The van der Waals surface area contributed by atoms with Crippen LogP contribution in [0.2, 0.25) is 0 Å². The molecule has 1 unspecified atom stereocenters. The number of anilines is 3. The van der Waals surface area contributed by atoms with E-state index in [0.29, 0.717) is 48.8 Å². The van der Waals surface area contributed by atoms with Crippen LogP contribution in [0.3, 0.4) is 0 Å². The number of benzene rings is 2. The van der Waals surface area contributed by atoms with Crippen molar-refractivity contribution in [3.8, 4) is 17.2 Å². The van der Waals surface area contributed by atoms with Gasteiger partial charge in [0.2, 0.25) is 5.91 Å². The lowest BCUT2D eigenvalue weighted by Crippen LogP contribution is -2.58. The Morgan fingerprint density at radius 1 is 1.09 bits per heavy atom. The van der Waals surface area contributed by atoms with Crippen LogP contribution in [0.5, 0.6) is 17.2 Å². The second kappa shape index (κ2) is 11.6. The van der Waals surface area contributed by atoms with Gasteiger partial charge >= 0.3 is 0 Å². The van der Waals surface area contributed by atoms with E-state index < -0.39 is 0 Å².